The predicted molar refractivity (Wildman–Crippen MR) is 83.7 cm³/mol. The molecule has 2 aromatic rings. The Kier molecular flexibility index (Phi) is 5.03. The number of carbonyl (C=O) groups excluding carboxylic acids is 1. The highest BCUT2D eigenvalue weighted by molar-refractivity contribution is 6.03. The number of anilines is 1. The Morgan fingerprint density at radius 3 is 2.57 bits per heavy atom. The van der Waals surface area contributed by atoms with Gasteiger partial charge in [0.25, 0.3) is 5.69 Å². The molecule has 0 bridgehead atoms. The van der Waals surface area contributed by atoms with Crippen molar-refractivity contribution in [3.05, 3.63) is 70.0 Å². The number of hydrogen-bond acceptors (Lipinski definition) is 4. The fourth-order valence-electron chi connectivity index (χ4n) is 1.83. The first kappa shape index (κ1) is 16.2. The molecule has 2 rings (SSSR count). The Hall–Kier alpha value is -3.22. The molecule has 0 saturated carbocycles. The second-order valence-electron chi connectivity index (χ2n) is 4.52. The Balaban J connectivity index is 2.14. The lowest BCUT2D eigenvalue weighted by molar-refractivity contribution is -0.384. The lowest BCUT2D eigenvalue weighted by Crippen LogP contribution is -2.09. The molecule has 23 heavy (non-hydrogen) atoms. The minimum Gasteiger partial charge on any atom is -0.495 e. The number of non-ortho nitro benzene ring substituents is 1. The molecule has 7 heteroatoms. The zero-order valence-electron chi connectivity index (χ0n) is 12.2. The van der Waals surface area contributed by atoms with Gasteiger partial charge in [-0.25, -0.2) is 4.39 Å². The number of nitrogens with one attached hydrogen (secondary N) is 1. The van der Waals surface area contributed by atoms with Crippen LogP contribution in [-0.2, 0) is 4.79 Å². The molecule has 0 aromatic heterocycles. The van der Waals surface area contributed by atoms with Gasteiger partial charge >= 0.3 is 0 Å². The van der Waals surface area contributed by atoms with Crippen LogP contribution in [0.3, 0.4) is 0 Å². The minimum atomic E-state index is -0.566. The lowest BCUT2D eigenvalue weighted by Gasteiger charge is -2.08. The van der Waals surface area contributed by atoms with E-state index in [9.17, 15) is 19.3 Å². The Morgan fingerprint density at radius 2 is 1.96 bits per heavy atom. The van der Waals surface area contributed by atoms with E-state index in [2.05, 4.69) is 5.32 Å². The average molecular weight is 316 g/mol. The Labute approximate surface area is 131 Å². The van der Waals surface area contributed by atoms with Crippen molar-refractivity contribution in [2.45, 2.75) is 0 Å². The first-order valence-corrected chi connectivity index (χ1v) is 6.56. The quantitative estimate of drug-likeness (QED) is 0.521. The highest BCUT2D eigenvalue weighted by Gasteiger charge is 2.12. The molecule has 0 saturated heterocycles. The molecule has 0 aliphatic rings. The van der Waals surface area contributed by atoms with E-state index in [1.807, 2.05) is 0 Å². The van der Waals surface area contributed by atoms with E-state index in [0.717, 1.165) is 0 Å². The maximum Gasteiger partial charge on any atom is 0.271 e. The number of nitro benzene ring substituents is 1. The third-order valence-corrected chi connectivity index (χ3v) is 2.95. The van der Waals surface area contributed by atoms with Crippen LogP contribution >= 0.6 is 0 Å². The third kappa shape index (κ3) is 4.37. The smallest absolute Gasteiger partial charge is 0.271 e. The van der Waals surface area contributed by atoms with Crippen molar-refractivity contribution in [1.82, 2.24) is 0 Å². The monoisotopic (exact) mass is 316 g/mol. The minimum absolute atomic E-state index is 0.163. The fraction of sp³-hybridized carbons (Fsp3) is 0.0625. The van der Waals surface area contributed by atoms with Crippen LogP contribution in [0, 0.1) is 15.9 Å². The van der Waals surface area contributed by atoms with Crippen LogP contribution in [0.4, 0.5) is 15.8 Å². The van der Waals surface area contributed by atoms with Gasteiger partial charge in [-0.2, -0.15) is 0 Å². The number of ether oxygens (including phenoxy) is 1. The van der Waals surface area contributed by atoms with Crippen molar-refractivity contribution >= 4 is 23.4 Å². The first-order chi connectivity index (χ1) is 11.0. The third-order valence-electron chi connectivity index (χ3n) is 2.95. The van der Waals surface area contributed by atoms with Crippen LogP contribution in [0.5, 0.6) is 5.75 Å². The molecular formula is C16H13FN2O4. The molecule has 2 aromatic carbocycles. The number of halogens is 1. The number of carbonyl (C=O) groups is 1. The summed E-state index contributed by atoms with van der Waals surface area (Å²) in [5, 5.41) is 13.3. The van der Waals surface area contributed by atoms with E-state index in [1.165, 1.54) is 61.7 Å². The van der Waals surface area contributed by atoms with E-state index in [-0.39, 0.29) is 17.2 Å². The SMILES string of the molecule is COc1ccc([N+](=O)[O-])cc1NC(=O)C=Cc1ccc(F)cc1. The van der Waals surface area contributed by atoms with Crippen LogP contribution in [0.2, 0.25) is 0 Å². The molecule has 118 valence electrons. The standard InChI is InChI=1S/C16H13FN2O4/c1-23-15-8-7-13(19(21)22)10-14(15)18-16(20)9-4-11-2-5-12(17)6-3-11/h2-10H,1H3,(H,18,20). The summed E-state index contributed by atoms with van der Waals surface area (Å²) in [6.07, 6.45) is 2.74. The maximum atomic E-state index is 12.8. The highest BCUT2D eigenvalue weighted by Crippen LogP contribution is 2.28. The molecule has 1 N–H and O–H groups in total. The van der Waals surface area contributed by atoms with Crippen molar-refractivity contribution in [2.24, 2.45) is 0 Å². The van der Waals surface area contributed by atoms with Crippen molar-refractivity contribution in [3.8, 4) is 5.75 Å². The predicted octanol–water partition coefficient (Wildman–Crippen LogP) is 3.39. The molecule has 0 radical (unpaired) electrons. The molecular weight excluding hydrogens is 303 g/mol. The van der Waals surface area contributed by atoms with Crippen LogP contribution in [-0.4, -0.2) is 17.9 Å². The normalized spacial score (nSPS) is 10.5. The largest absolute Gasteiger partial charge is 0.495 e. The second kappa shape index (κ2) is 7.17. The van der Waals surface area contributed by atoms with Gasteiger partial charge in [0.1, 0.15) is 11.6 Å². The Morgan fingerprint density at radius 1 is 1.26 bits per heavy atom. The van der Waals surface area contributed by atoms with Gasteiger partial charge in [-0.05, 0) is 29.8 Å². The highest BCUT2D eigenvalue weighted by atomic mass is 19.1. The number of amides is 1. The van der Waals surface area contributed by atoms with Crippen molar-refractivity contribution in [3.63, 3.8) is 0 Å². The molecule has 0 aliphatic heterocycles. The van der Waals surface area contributed by atoms with Gasteiger partial charge in [0.05, 0.1) is 17.7 Å². The summed E-state index contributed by atoms with van der Waals surface area (Å²) >= 11 is 0. The van der Waals surface area contributed by atoms with E-state index in [4.69, 9.17) is 4.74 Å². The maximum absolute atomic E-state index is 12.8. The van der Waals surface area contributed by atoms with Gasteiger partial charge in [0.15, 0.2) is 0 Å². The zero-order valence-corrected chi connectivity index (χ0v) is 12.2. The van der Waals surface area contributed by atoms with E-state index in [1.54, 1.807) is 0 Å². The van der Waals surface area contributed by atoms with Crippen LogP contribution in [0.15, 0.2) is 48.5 Å². The second-order valence-corrected chi connectivity index (χ2v) is 4.52. The average Bonchev–Trinajstić information content (AvgIpc) is 2.54. The van der Waals surface area contributed by atoms with Crippen LogP contribution in [0.1, 0.15) is 5.56 Å². The number of nitro groups is 1. The lowest BCUT2D eigenvalue weighted by atomic mass is 10.2. The molecule has 1 amide bonds. The van der Waals surface area contributed by atoms with Crippen LogP contribution in [0.25, 0.3) is 6.08 Å². The van der Waals surface area contributed by atoms with Crippen molar-refractivity contribution in [1.29, 1.82) is 0 Å². The van der Waals surface area contributed by atoms with Crippen molar-refractivity contribution < 1.29 is 18.8 Å². The number of nitrogens with zero attached hydrogens (tertiary/aromatic N) is 1. The summed E-state index contributed by atoms with van der Waals surface area (Å²) in [5.74, 6) is -0.555. The Bertz CT molecular complexity index is 757. The van der Waals surface area contributed by atoms with E-state index in [0.29, 0.717) is 11.3 Å². The summed E-state index contributed by atoms with van der Waals surface area (Å²) in [6.45, 7) is 0. The summed E-state index contributed by atoms with van der Waals surface area (Å²) in [4.78, 5) is 22.1. The molecule has 0 unspecified atom stereocenters. The van der Waals surface area contributed by atoms with Gasteiger partial charge in [-0.15, -0.1) is 0 Å². The number of hydrogen-bond donors (Lipinski definition) is 1. The van der Waals surface area contributed by atoms with E-state index >= 15 is 0 Å². The summed E-state index contributed by atoms with van der Waals surface area (Å²) in [6, 6.07) is 9.49. The summed E-state index contributed by atoms with van der Waals surface area (Å²) in [5.41, 5.74) is 0.673. The molecule has 0 heterocycles. The van der Waals surface area contributed by atoms with Gasteiger partial charge in [0, 0.05) is 18.2 Å². The van der Waals surface area contributed by atoms with Gasteiger partial charge in [0.2, 0.25) is 5.91 Å². The fourth-order valence-corrected chi connectivity index (χ4v) is 1.83. The number of rotatable bonds is 5. The zero-order chi connectivity index (χ0) is 16.8. The molecule has 0 atom stereocenters. The molecule has 6 nitrogen and oxygen atoms in total. The summed E-state index contributed by atoms with van der Waals surface area (Å²) < 4.78 is 17.8. The molecule has 0 fully saturated rings. The van der Waals surface area contributed by atoms with Gasteiger partial charge in [-0.3, -0.25) is 14.9 Å². The van der Waals surface area contributed by atoms with Gasteiger partial charge in [-0.1, -0.05) is 12.1 Å². The first-order valence-electron chi connectivity index (χ1n) is 6.56. The molecule has 0 spiro atoms. The number of benzene rings is 2. The molecule has 0 aliphatic carbocycles. The van der Waals surface area contributed by atoms with E-state index < -0.39 is 10.8 Å². The van der Waals surface area contributed by atoms with Crippen molar-refractivity contribution in [2.75, 3.05) is 12.4 Å². The summed E-state index contributed by atoms with van der Waals surface area (Å²) in [7, 11) is 1.39. The topological polar surface area (TPSA) is 81.5 Å². The number of methoxy groups -OCH3 is 1. The van der Waals surface area contributed by atoms with Gasteiger partial charge < -0.3 is 10.1 Å². The van der Waals surface area contributed by atoms with Crippen LogP contribution < -0.4 is 10.1 Å².